The summed E-state index contributed by atoms with van der Waals surface area (Å²) in [6, 6.07) is 0.989. The molecule has 182 valence electrons. The number of carbonyl (C=O) groups excluding carboxylic acids is 1. The van der Waals surface area contributed by atoms with Crippen molar-refractivity contribution in [2.45, 2.75) is 90.8 Å². The number of likely N-dealkylation sites (N-methyl/N-ethyl adjacent to an activating group) is 1. The minimum absolute atomic E-state index is 0.0426. The van der Waals surface area contributed by atoms with Gasteiger partial charge in [0, 0.05) is 31.5 Å². The Balaban J connectivity index is 1.32. The van der Waals surface area contributed by atoms with Crippen LogP contribution in [0, 0.1) is 29.1 Å². The van der Waals surface area contributed by atoms with Gasteiger partial charge in [-0.3, -0.25) is 9.79 Å². The number of amidine groups is 1. The lowest BCUT2D eigenvalue weighted by atomic mass is 9.73. The van der Waals surface area contributed by atoms with Gasteiger partial charge in [-0.2, -0.15) is 15.0 Å². The van der Waals surface area contributed by atoms with Gasteiger partial charge in [0.1, 0.15) is 5.84 Å². The van der Waals surface area contributed by atoms with E-state index in [0.717, 1.165) is 45.3 Å². The Morgan fingerprint density at radius 2 is 1.91 bits per heavy atom. The molecule has 0 N–H and O–H groups in total. The van der Waals surface area contributed by atoms with E-state index in [9.17, 15) is 4.79 Å². The molecule has 0 aromatic carbocycles. The zero-order valence-electron chi connectivity index (χ0n) is 21.0. The molecule has 2 saturated carbocycles. The third-order valence-corrected chi connectivity index (χ3v) is 9.19. The van der Waals surface area contributed by atoms with Crippen molar-refractivity contribution in [3.63, 3.8) is 0 Å². The van der Waals surface area contributed by atoms with E-state index >= 15 is 0 Å². The minimum atomic E-state index is -0.0426. The molecule has 1 aromatic rings. The predicted octanol–water partition coefficient (Wildman–Crippen LogP) is 3.86. The van der Waals surface area contributed by atoms with Crippen molar-refractivity contribution < 1.29 is 4.79 Å². The van der Waals surface area contributed by atoms with Gasteiger partial charge in [0.25, 0.3) is 0 Å². The molecule has 2 aliphatic heterocycles. The third-order valence-electron chi connectivity index (χ3n) is 9.19. The molecule has 7 heteroatoms. The maximum Gasteiger partial charge on any atom is 0.226 e. The first-order valence-corrected chi connectivity index (χ1v) is 13.3. The van der Waals surface area contributed by atoms with Gasteiger partial charge in [-0.05, 0) is 56.3 Å². The second kappa shape index (κ2) is 9.03. The maximum absolute atomic E-state index is 13.9. The van der Waals surface area contributed by atoms with Crippen molar-refractivity contribution >= 4 is 11.7 Å². The Hall–Kier alpha value is -1.92. The summed E-state index contributed by atoms with van der Waals surface area (Å²) in [7, 11) is 2.26. The van der Waals surface area contributed by atoms with Gasteiger partial charge in [0.05, 0.1) is 31.0 Å². The lowest BCUT2D eigenvalue weighted by Crippen LogP contribution is -2.55. The summed E-state index contributed by atoms with van der Waals surface area (Å²) in [6.07, 6.45) is 12.7. The first-order chi connectivity index (χ1) is 15.9. The Morgan fingerprint density at radius 3 is 2.67 bits per heavy atom. The number of likely N-dealkylation sites (tertiary alicyclic amines) is 1. The van der Waals surface area contributed by atoms with Gasteiger partial charge in [-0.25, -0.2) is 0 Å². The number of aromatic nitrogens is 3. The SMILES string of the molecule is CC1CCC(Cn2nccn2)C(C(=O)N2CCCC(C)(C3=NC4CCCC(C)C4N3C)C2)C1. The molecule has 7 unspecified atom stereocenters. The first kappa shape index (κ1) is 22.9. The molecule has 7 nitrogen and oxygen atoms in total. The summed E-state index contributed by atoms with van der Waals surface area (Å²) in [6.45, 7) is 9.49. The quantitative estimate of drug-likeness (QED) is 0.693. The van der Waals surface area contributed by atoms with Crippen LogP contribution in [0.5, 0.6) is 0 Å². The number of piperidine rings is 1. The van der Waals surface area contributed by atoms with Crippen molar-refractivity contribution in [3.8, 4) is 0 Å². The topological polar surface area (TPSA) is 66.6 Å². The molecule has 0 bridgehead atoms. The van der Waals surface area contributed by atoms with E-state index < -0.39 is 0 Å². The van der Waals surface area contributed by atoms with Crippen molar-refractivity contribution in [1.29, 1.82) is 0 Å². The number of amides is 1. The van der Waals surface area contributed by atoms with E-state index in [2.05, 4.69) is 47.8 Å². The minimum Gasteiger partial charge on any atom is -0.358 e. The monoisotopic (exact) mass is 454 g/mol. The van der Waals surface area contributed by atoms with Crippen LogP contribution < -0.4 is 0 Å². The van der Waals surface area contributed by atoms with Crippen molar-refractivity contribution in [3.05, 3.63) is 12.4 Å². The Morgan fingerprint density at radius 1 is 1.12 bits per heavy atom. The second-order valence-electron chi connectivity index (χ2n) is 11.8. The number of fused-ring (bicyclic) bond motifs is 1. The molecule has 1 amide bonds. The molecule has 4 aliphatic rings. The lowest BCUT2D eigenvalue weighted by molar-refractivity contribution is -0.142. The molecule has 0 spiro atoms. The van der Waals surface area contributed by atoms with Crippen molar-refractivity contribution in [2.24, 2.45) is 34.1 Å². The summed E-state index contributed by atoms with van der Waals surface area (Å²) in [4.78, 5) is 25.7. The van der Waals surface area contributed by atoms with Crippen LogP contribution in [0.4, 0.5) is 0 Å². The normalized spacial score (nSPS) is 39.3. The Bertz CT molecular complexity index is 868. The molecule has 1 aromatic heterocycles. The number of hydrogen-bond donors (Lipinski definition) is 0. The molecule has 7 atom stereocenters. The van der Waals surface area contributed by atoms with Gasteiger partial charge in [-0.1, -0.05) is 33.6 Å². The zero-order valence-corrected chi connectivity index (χ0v) is 21.0. The van der Waals surface area contributed by atoms with E-state index in [4.69, 9.17) is 4.99 Å². The van der Waals surface area contributed by atoms with E-state index in [-0.39, 0.29) is 11.3 Å². The number of hydrogen-bond acceptors (Lipinski definition) is 5. The number of nitrogens with zero attached hydrogens (tertiary/aromatic N) is 6. The highest BCUT2D eigenvalue weighted by Gasteiger charge is 2.48. The fourth-order valence-corrected chi connectivity index (χ4v) is 7.48. The molecule has 5 rings (SSSR count). The fourth-order valence-electron chi connectivity index (χ4n) is 7.48. The molecule has 3 fully saturated rings. The summed E-state index contributed by atoms with van der Waals surface area (Å²) in [5, 5.41) is 8.64. The molecule has 0 radical (unpaired) electrons. The Kier molecular flexibility index (Phi) is 6.25. The van der Waals surface area contributed by atoms with Crippen LogP contribution in [0.2, 0.25) is 0 Å². The van der Waals surface area contributed by atoms with Crippen LogP contribution in [0.25, 0.3) is 0 Å². The lowest BCUT2D eigenvalue weighted by Gasteiger charge is -2.46. The molecular formula is C26H42N6O. The summed E-state index contributed by atoms with van der Waals surface area (Å²) < 4.78 is 0. The number of carbonyl (C=O) groups is 1. The average molecular weight is 455 g/mol. The van der Waals surface area contributed by atoms with Crippen LogP contribution in [-0.2, 0) is 11.3 Å². The molecule has 3 heterocycles. The maximum atomic E-state index is 13.9. The predicted molar refractivity (Wildman–Crippen MR) is 130 cm³/mol. The van der Waals surface area contributed by atoms with Crippen LogP contribution in [0.3, 0.4) is 0 Å². The van der Waals surface area contributed by atoms with Gasteiger partial charge in [0.15, 0.2) is 0 Å². The number of rotatable bonds is 4. The fraction of sp³-hybridized carbons (Fsp3) is 0.846. The van der Waals surface area contributed by atoms with Crippen LogP contribution in [0.1, 0.15) is 72.1 Å². The zero-order chi connectivity index (χ0) is 23.2. The van der Waals surface area contributed by atoms with Crippen molar-refractivity contribution in [2.75, 3.05) is 20.1 Å². The van der Waals surface area contributed by atoms with E-state index in [0.29, 0.717) is 35.7 Å². The number of aliphatic imine (C=N–C) groups is 1. The molecular weight excluding hydrogens is 412 g/mol. The highest BCUT2D eigenvalue weighted by atomic mass is 16.2. The van der Waals surface area contributed by atoms with Gasteiger partial charge >= 0.3 is 0 Å². The van der Waals surface area contributed by atoms with Gasteiger partial charge < -0.3 is 9.80 Å². The van der Waals surface area contributed by atoms with Gasteiger partial charge in [0.2, 0.25) is 5.91 Å². The Labute approximate surface area is 199 Å². The standard InChI is InChI=1S/C26H42N6O/c1-18-9-10-20(16-32-27-12-13-28-32)21(15-18)24(33)31-14-6-11-26(3,17-31)25-29-22-8-5-7-19(2)23(22)30(25)4/h12-13,18-23H,5-11,14-17H2,1-4H3. The average Bonchev–Trinajstić information content (AvgIpc) is 3.43. The van der Waals surface area contributed by atoms with Crippen LogP contribution in [0.15, 0.2) is 17.4 Å². The smallest absolute Gasteiger partial charge is 0.226 e. The van der Waals surface area contributed by atoms with E-state index in [1.54, 1.807) is 17.2 Å². The molecule has 1 saturated heterocycles. The second-order valence-corrected chi connectivity index (χ2v) is 11.8. The van der Waals surface area contributed by atoms with Gasteiger partial charge in [-0.15, -0.1) is 0 Å². The van der Waals surface area contributed by atoms with E-state index in [1.165, 1.54) is 31.5 Å². The summed E-state index contributed by atoms with van der Waals surface area (Å²) in [5.41, 5.74) is -0.0426. The highest BCUT2D eigenvalue weighted by Crippen LogP contribution is 2.42. The molecule has 2 aliphatic carbocycles. The van der Waals surface area contributed by atoms with Crippen LogP contribution in [-0.4, -0.2) is 68.8 Å². The largest absolute Gasteiger partial charge is 0.358 e. The first-order valence-electron chi connectivity index (χ1n) is 13.3. The third kappa shape index (κ3) is 4.32. The highest BCUT2D eigenvalue weighted by molar-refractivity contribution is 5.91. The summed E-state index contributed by atoms with van der Waals surface area (Å²) >= 11 is 0. The van der Waals surface area contributed by atoms with E-state index in [1.807, 2.05) is 0 Å². The summed E-state index contributed by atoms with van der Waals surface area (Å²) in [5.74, 6) is 3.32. The van der Waals surface area contributed by atoms with Crippen LogP contribution >= 0.6 is 0 Å². The van der Waals surface area contributed by atoms with Crippen molar-refractivity contribution in [1.82, 2.24) is 24.8 Å². The molecule has 33 heavy (non-hydrogen) atoms.